The molecule has 2 aromatic heterocycles. The molecule has 1 aromatic carbocycles. The number of carbonyl (C=O) groups is 2. The molecule has 1 aliphatic heterocycles. The van der Waals surface area contributed by atoms with Crippen LogP contribution in [0.15, 0.2) is 36.4 Å². The van der Waals surface area contributed by atoms with E-state index in [0.717, 1.165) is 29.5 Å². The number of pyridine rings is 1. The van der Waals surface area contributed by atoms with Crippen molar-refractivity contribution in [2.75, 3.05) is 19.7 Å². The number of nitriles is 1. The van der Waals surface area contributed by atoms with Gasteiger partial charge in [-0.15, -0.1) is 0 Å². The van der Waals surface area contributed by atoms with Gasteiger partial charge in [0.25, 0.3) is 0 Å². The van der Waals surface area contributed by atoms with Crippen molar-refractivity contribution < 1.29 is 24.5 Å². The van der Waals surface area contributed by atoms with E-state index in [-0.39, 0.29) is 17.9 Å². The minimum atomic E-state index is -0.785. The van der Waals surface area contributed by atoms with Crippen LogP contribution in [-0.4, -0.2) is 62.8 Å². The fourth-order valence-corrected chi connectivity index (χ4v) is 6.07. The molecule has 3 heterocycles. The number of aliphatic carboxylic acids is 1. The standard InChI is InChI=1S/C31H33ClN4O5/c1-31(2,30(39)40)21-7-9-22(10-8-21)41-29-23(16-33)28-25(34-29)15-24(32)27(35-28)20-5-3-18(4-6-20)19-11-13-36(14-12-19)26(38)17-37/h3-6,11,15,21-22,34,37H,7-10,12-14,17H2,1-2H3,(H,39,40)/t21-,22-. The summed E-state index contributed by atoms with van der Waals surface area (Å²) in [5.74, 6) is -0.620. The average molecular weight is 577 g/mol. The molecule has 1 saturated carbocycles. The number of rotatable bonds is 7. The first-order chi connectivity index (χ1) is 19.6. The lowest BCUT2D eigenvalue weighted by Crippen LogP contribution is -2.37. The number of benzene rings is 1. The number of carboxylic acids is 1. The van der Waals surface area contributed by atoms with Gasteiger partial charge in [-0.2, -0.15) is 5.26 Å². The van der Waals surface area contributed by atoms with Gasteiger partial charge in [0.05, 0.1) is 21.6 Å². The summed E-state index contributed by atoms with van der Waals surface area (Å²) in [4.78, 5) is 32.9. The Balaban J connectivity index is 1.33. The summed E-state index contributed by atoms with van der Waals surface area (Å²) in [6, 6.07) is 11.8. The molecule has 41 heavy (non-hydrogen) atoms. The first-order valence-corrected chi connectivity index (χ1v) is 14.2. The maximum Gasteiger partial charge on any atom is 0.309 e. The summed E-state index contributed by atoms with van der Waals surface area (Å²) in [7, 11) is 0. The summed E-state index contributed by atoms with van der Waals surface area (Å²) in [6.07, 6.45) is 5.48. The van der Waals surface area contributed by atoms with Crippen molar-refractivity contribution in [2.24, 2.45) is 11.3 Å². The molecule has 5 rings (SSSR count). The van der Waals surface area contributed by atoms with Crippen LogP contribution >= 0.6 is 11.6 Å². The van der Waals surface area contributed by atoms with Gasteiger partial charge in [0, 0.05) is 18.7 Å². The minimum Gasteiger partial charge on any atom is -0.481 e. The van der Waals surface area contributed by atoms with Crippen LogP contribution in [0.1, 0.15) is 57.1 Å². The van der Waals surface area contributed by atoms with Crippen molar-refractivity contribution in [1.82, 2.24) is 14.9 Å². The third-order valence-electron chi connectivity index (χ3n) is 8.56. The molecule has 10 heteroatoms. The number of hydrogen-bond donors (Lipinski definition) is 3. The van der Waals surface area contributed by atoms with Crippen LogP contribution < -0.4 is 4.74 Å². The van der Waals surface area contributed by atoms with Crippen molar-refractivity contribution in [3.63, 3.8) is 0 Å². The van der Waals surface area contributed by atoms with E-state index in [1.807, 2.05) is 30.3 Å². The zero-order chi connectivity index (χ0) is 29.3. The second kappa shape index (κ2) is 11.6. The van der Waals surface area contributed by atoms with E-state index in [9.17, 15) is 20.0 Å². The molecule has 9 nitrogen and oxygen atoms in total. The summed E-state index contributed by atoms with van der Waals surface area (Å²) in [5.41, 5.74) is 4.16. The van der Waals surface area contributed by atoms with Crippen LogP contribution in [0.2, 0.25) is 5.02 Å². The lowest BCUT2D eigenvalue weighted by atomic mass is 9.70. The van der Waals surface area contributed by atoms with Gasteiger partial charge >= 0.3 is 5.97 Å². The van der Waals surface area contributed by atoms with Gasteiger partial charge in [-0.05, 0) is 69.1 Å². The second-order valence-electron chi connectivity index (χ2n) is 11.3. The molecule has 0 bridgehead atoms. The first-order valence-electron chi connectivity index (χ1n) is 13.8. The van der Waals surface area contributed by atoms with Crippen LogP contribution in [-0.2, 0) is 9.59 Å². The number of fused-ring (bicyclic) bond motifs is 1. The van der Waals surface area contributed by atoms with Crippen LogP contribution in [0.5, 0.6) is 5.88 Å². The normalized spacial score (nSPS) is 19.5. The fourth-order valence-electron chi connectivity index (χ4n) is 5.81. The van der Waals surface area contributed by atoms with E-state index in [0.29, 0.717) is 65.5 Å². The largest absolute Gasteiger partial charge is 0.481 e. The molecule has 0 spiro atoms. The highest BCUT2D eigenvalue weighted by Crippen LogP contribution is 2.40. The van der Waals surface area contributed by atoms with E-state index in [1.54, 1.807) is 24.8 Å². The van der Waals surface area contributed by atoms with Crippen LogP contribution in [0, 0.1) is 22.7 Å². The van der Waals surface area contributed by atoms with Crippen molar-refractivity contribution in [3.05, 3.63) is 52.6 Å². The van der Waals surface area contributed by atoms with Gasteiger partial charge in [0.15, 0.2) is 0 Å². The maximum atomic E-state index is 11.7. The highest BCUT2D eigenvalue weighted by atomic mass is 35.5. The smallest absolute Gasteiger partial charge is 0.309 e. The molecule has 3 N–H and O–H groups in total. The molecule has 3 aromatic rings. The zero-order valence-corrected chi connectivity index (χ0v) is 23.9. The molecule has 2 aliphatic rings. The molecule has 0 unspecified atom stereocenters. The SMILES string of the molecule is CC(C)(C(=O)O)[C@H]1CC[C@H](Oc2[nH]c3cc(Cl)c(-c4ccc(C5=CCN(C(=O)CO)CC5)cc4)nc3c2C#N)CC1. The molecule has 1 amide bonds. The number of aromatic amines is 1. The molecular weight excluding hydrogens is 544 g/mol. The van der Waals surface area contributed by atoms with Gasteiger partial charge in [0.2, 0.25) is 11.8 Å². The Bertz CT molecular complexity index is 1550. The molecule has 0 saturated heterocycles. The molecule has 1 fully saturated rings. The van der Waals surface area contributed by atoms with Gasteiger partial charge in [-0.3, -0.25) is 9.59 Å². The average Bonchev–Trinajstić information content (AvgIpc) is 3.32. The van der Waals surface area contributed by atoms with E-state index in [1.165, 1.54) is 0 Å². The van der Waals surface area contributed by atoms with Crippen LogP contribution in [0.25, 0.3) is 27.9 Å². The molecule has 1 aliphatic carbocycles. The number of aliphatic hydroxyl groups is 1. The van der Waals surface area contributed by atoms with Crippen molar-refractivity contribution >= 4 is 40.1 Å². The highest BCUT2D eigenvalue weighted by Gasteiger charge is 2.39. The predicted octanol–water partition coefficient (Wildman–Crippen LogP) is 5.41. The highest BCUT2D eigenvalue weighted by molar-refractivity contribution is 6.33. The third kappa shape index (κ3) is 5.67. The quantitative estimate of drug-likeness (QED) is 0.341. The van der Waals surface area contributed by atoms with E-state index >= 15 is 0 Å². The summed E-state index contributed by atoms with van der Waals surface area (Å²) in [6.45, 7) is 4.10. The Morgan fingerprint density at radius 2 is 1.88 bits per heavy atom. The lowest BCUT2D eigenvalue weighted by Gasteiger charge is -2.36. The summed E-state index contributed by atoms with van der Waals surface area (Å²) < 4.78 is 6.23. The lowest BCUT2D eigenvalue weighted by molar-refractivity contribution is -0.151. The van der Waals surface area contributed by atoms with Crippen LogP contribution in [0.3, 0.4) is 0 Å². The Labute approximate surface area is 243 Å². The zero-order valence-electron chi connectivity index (χ0n) is 23.1. The van der Waals surface area contributed by atoms with Crippen LogP contribution in [0.4, 0.5) is 0 Å². The minimum absolute atomic E-state index is 0.0759. The Morgan fingerprint density at radius 3 is 2.46 bits per heavy atom. The number of nitrogens with one attached hydrogen (secondary N) is 1. The Hall–Kier alpha value is -3.87. The third-order valence-corrected chi connectivity index (χ3v) is 8.84. The van der Waals surface area contributed by atoms with E-state index < -0.39 is 18.0 Å². The summed E-state index contributed by atoms with van der Waals surface area (Å²) in [5, 5.41) is 29.1. The maximum absolute atomic E-state index is 11.7. The number of carbonyl (C=O) groups excluding carboxylic acids is 1. The number of aromatic nitrogens is 2. The van der Waals surface area contributed by atoms with E-state index in [2.05, 4.69) is 11.1 Å². The topological polar surface area (TPSA) is 140 Å². The summed E-state index contributed by atoms with van der Waals surface area (Å²) >= 11 is 6.64. The van der Waals surface area contributed by atoms with Gasteiger partial charge in [-0.1, -0.05) is 41.9 Å². The Morgan fingerprint density at radius 1 is 1.20 bits per heavy atom. The molecular formula is C31H33ClN4O5. The number of hydrogen-bond acceptors (Lipinski definition) is 6. The fraction of sp³-hybridized carbons (Fsp3) is 0.419. The number of H-pyrrole nitrogens is 1. The van der Waals surface area contributed by atoms with Gasteiger partial charge in [0.1, 0.15) is 29.9 Å². The number of ether oxygens (including phenoxy) is 1. The predicted molar refractivity (Wildman–Crippen MR) is 155 cm³/mol. The van der Waals surface area contributed by atoms with Crippen molar-refractivity contribution in [2.45, 2.75) is 52.1 Å². The number of carboxylic acid groups (broad SMARTS) is 1. The van der Waals surface area contributed by atoms with Gasteiger partial charge < -0.3 is 24.8 Å². The number of halogens is 1. The Kier molecular flexibility index (Phi) is 8.07. The van der Waals surface area contributed by atoms with Crippen molar-refractivity contribution in [1.29, 1.82) is 5.26 Å². The number of amides is 1. The molecule has 0 atom stereocenters. The van der Waals surface area contributed by atoms with E-state index in [4.69, 9.17) is 26.4 Å². The molecule has 214 valence electrons. The monoisotopic (exact) mass is 576 g/mol. The van der Waals surface area contributed by atoms with Gasteiger partial charge in [-0.25, -0.2) is 4.98 Å². The number of nitrogens with zero attached hydrogens (tertiary/aromatic N) is 3. The first kappa shape index (κ1) is 28.7. The second-order valence-corrected chi connectivity index (χ2v) is 11.7. The number of aliphatic hydroxyl groups excluding tert-OH is 1. The van der Waals surface area contributed by atoms with Crippen molar-refractivity contribution in [3.8, 4) is 23.2 Å². The molecule has 0 radical (unpaired) electrons.